The van der Waals surface area contributed by atoms with Gasteiger partial charge in [0.15, 0.2) is 6.29 Å². The monoisotopic (exact) mass is 734 g/mol. The van der Waals surface area contributed by atoms with Gasteiger partial charge in [0.2, 0.25) is 10.0 Å². The molecule has 5 atom stereocenters. The molecule has 2 heterocycles. The lowest BCUT2D eigenvalue weighted by Crippen LogP contribution is -2.52. The molecular formula is C35H50N4O11S. The smallest absolute Gasteiger partial charge is 0.407 e. The number of aliphatic hydroxyl groups is 1. The highest BCUT2D eigenvalue weighted by Crippen LogP contribution is 2.33. The Labute approximate surface area is 299 Å². The van der Waals surface area contributed by atoms with Crippen LogP contribution in [0.2, 0.25) is 0 Å². The molecule has 2 aliphatic rings. The van der Waals surface area contributed by atoms with Crippen LogP contribution in [0.1, 0.15) is 39.2 Å². The summed E-state index contributed by atoms with van der Waals surface area (Å²) in [5, 5.41) is 19.6. The lowest BCUT2D eigenvalue weighted by Gasteiger charge is -2.35. The van der Waals surface area contributed by atoms with Gasteiger partial charge in [-0.1, -0.05) is 44.2 Å². The van der Waals surface area contributed by atoms with Gasteiger partial charge in [-0.2, -0.15) is 4.31 Å². The zero-order chi connectivity index (χ0) is 37.0. The van der Waals surface area contributed by atoms with Crippen LogP contribution >= 0.6 is 0 Å². The fourth-order valence-corrected chi connectivity index (χ4v) is 7.65. The Kier molecular flexibility index (Phi) is 14.4. The van der Waals surface area contributed by atoms with Crippen molar-refractivity contribution in [3.63, 3.8) is 0 Å². The van der Waals surface area contributed by atoms with Crippen molar-refractivity contribution in [3.8, 4) is 5.75 Å². The van der Waals surface area contributed by atoms with Crippen molar-refractivity contribution >= 4 is 28.1 Å². The van der Waals surface area contributed by atoms with Crippen LogP contribution < -0.4 is 20.7 Å². The van der Waals surface area contributed by atoms with Gasteiger partial charge in [-0.3, -0.25) is 4.79 Å². The number of benzene rings is 2. The number of nitrogens with zero attached hydrogens (tertiary/aromatic N) is 1. The highest BCUT2D eigenvalue weighted by Gasteiger charge is 2.44. The number of aliphatic hydroxyl groups excluding tert-OH is 1. The third-order valence-corrected chi connectivity index (χ3v) is 10.6. The number of nitrogens with one attached hydrogen (secondary N) is 3. The maximum absolute atomic E-state index is 14.2. The van der Waals surface area contributed by atoms with Crippen molar-refractivity contribution in [2.45, 2.75) is 69.5 Å². The second-order valence-electron chi connectivity index (χ2n) is 13.3. The summed E-state index contributed by atoms with van der Waals surface area (Å²) in [5.74, 6) is -0.176. The van der Waals surface area contributed by atoms with Crippen LogP contribution in [0.4, 0.5) is 9.59 Å². The van der Waals surface area contributed by atoms with E-state index < -0.39 is 58.1 Å². The van der Waals surface area contributed by atoms with E-state index in [1.165, 1.54) is 35.7 Å². The molecule has 0 aliphatic carbocycles. The first-order valence-corrected chi connectivity index (χ1v) is 18.5. The van der Waals surface area contributed by atoms with Crippen molar-refractivity contribution in [1.29, 1.82) is 0 Å². The first kappa shape index (κ1) is 39.8. The first-order chi connectivity index (χ1) is 24.3. The Morgan fingerprint density at radius 2 is 1.78 bits per heavy atom. The van der Waals surface area contributed by atoms with Crippen LogP contribution in [0.15, 0.2) is 59.5 Å². The molecule has 0 bridgehead atoms. The van der Waals surface area contributed by atoms with E-state index >= 15 is 0 Å². The van der Waals surface area contributed by atoms with Gasteiger partial charge < -0.3 is 44.7 Å². The van der Waals surface area contributed by atoms with E-state index in [0.717, 1.165) is 5.56 Å². The number of esters is 1. The number of ether oxygens (including phenoxy) is 5. The quantitative estimate of drug-likeness (QED) is 0.165. The van der Waals surface area contributed by atoms with E-state index in [0.29, 0.717) is 25.2 Å². The normalized spacial score (nSPS) is 19.8. The summed E-state index contributed by atoms with van der Waals surface area (Å²) < 4.78 is 56.4. The molecule has 16 heteroatoms. The number of carbonyl (C=O) groups is 3. The number of rotatable bonds is 18. The van der Waals surface area contributed by atoms with E-state index in [2.05, 4.69) is 16.0 Å². The number of fused-ring (bicyclic) bond motifs is 1. The second-order valence-corrected chi connectivity index (χ2v) is 15.2. The van der Waals surface area contributed by atoms with Crippen molar-refractivity contribution in [3.05, 3.63) is 60.2 Å². The van der Waals surface area contributed by atoms with Crippen molar-refractivity contribution in [2.24, 2.45) is 11.3 Å². The van der Waals surface area contributed by atoms with Crippen molar-refractivity contribution < 1.29 is 51.6 Å². The summed E-state index contributed by atoms with van der Waals surface area (Å²) in [7, 11) is -2.71. The third-order valence-electron chi connectivity index (χ3n) is 8.79. The van der Waals surface area contributed by atoms with Crippen LogP contribution in [0.25, 0.3) is 0 Å². The molecule has 4 N–H and O–H groups in total. The van der Waals surface area contributed by atoms with Gasteiger partial charge in [0.25, 0.3) is 0 Å². The van der Waals surface area contributed by atoms with E-state index in [4.69, 9.17) is 23.7 Å². The van der Waals surface area contributed by atoms with Crippen LogP contribution in [-0.4, -0.2) is 114 Å². The van der Waals surface area contributed by atoms with Gasteiger partial charge in [-0.25, -0.2) is 18.0 Å². The molecular weight excluding hydrogens is 684 g/mol. The standard InChI is InChI=1S/C35H50N4O11S/c1-5-47-31(41)20-37-33(42)36-17-16-35(2,3)23-39(51(44,45)26-13-11-25(46-4)12-14-26)21-29(40)28(19-24-9-7-6-8-10-24)38-34(43)50-30-22-49-32-27(30)15-18-48-32/h6-14,27-30,32,40H,5,15-23H2,1-4H3,(H,38,43)(H2,36,37,42)/t27-,28+,29-,30-,32+/m1/s1. The number of carbonyl (C=O) groups excluding carboxylic acids is 3. The second kappa shape index (κ2) is 18.5. The number of amides is 3. The highest BCUT2D eigenvalue weighted by atomic mass is 32.2. The van der Waals surface area contributed by atoms with E-state index in [-0.39, 0.29) is 56.6 Å². The fraction of sp³-hybridized carbons (Fsp3) is 0.571. The van der Waals surface area contributed by atoms with Gasteiger partial charge in [0, 0.05) is 19.6 Å². The van der Waals surface area contributed by atoms with Crippen LogP contribution in [0, 0.1) is 11.3 Å². The number of methoxy groups -OCH3 is 1. The Morgan fingerprint density at radius 3 is 2.47 bits per heavy atom. The van der Waals surface area contributed by atoms with Crippen LogP contribution in [0.5, 0.6) is 5.75 Å². The van der Waals surface area contributed by atoms with Gasteiger partial charge in [-0.15, -0.1) is 0 Å². The summed E-state index contributed by atoms with van der Waals surface area (Å²) in [6.45, 7) is 5.72. The van der Waals surface area contributed by atoms with E-state index in [1.54, 1.807) is 6.92 Å². The lowest BCUT2D eigenvalue weighted by atomic mass is 9.89. The average molecular weight is 735 g/mol. The van der Waals surface area contributed by atoms with Crippen LogP contribution in [0.3, 0.4) is 0 Å². The van der Waals surface area contributed by atoms with Crippen LogP contribution in [-0.2, 0) is 40.2 Å². The highest BCUT2D eigenvalue weighted by molar-refractivity contribution is 7.89. The fourth-order valence-electron chi connectivity index (χ4n) is 6.00. The summed E-state index contributed by atoms with van der Waals surface area (Å²) in [5.41, 5.74) is 0.102. The van der Waals surface area contributed by atoms with Gasteiger partial charge in [0.1, 0.15) is 18.4 Å². The maximum atomic E-state index is 14.2. The molecule has 2 saturated heterocycles. The molecule has 4 rings (SSSR count). The van der Waals surface area contributed by atoms with Crippen molar-refractivity contribution in [1.82, 2.24) is 20.3 Å². The van der Waals surface area contributed by atoms with E-state index in [1.807, 2.05) is 44.2 Å². The molecule has 3 amide bonds. The largest absolute Gasteiger partial charge is 0.497 e. The molecule has 0 unspecified atom stereocenters. The molecule has 2 aromatic rings. The Balaban J connectivity index is 1.50. The summed E-state index contributed by atoms with van der Waals surface area (Å²) in [6.07, 6.45) is -1.82. The number of urea groups is 1. The third kappa shape index (κ3) is 11.8. The molecule has 0 radical (unpaired) electrons. The molecule has 15 nitrogen and oxygen atoms in total. The summed E-state index contributed by atoms with van der Waals surface area (Å²) in [4.78, 5) is 37.0. The average Bonchev–Trinajstić information content (AvgIpc) is 3.72. The minimum atomic E-state index is -4.19. The molecule has 0 spiro atoms. The first-order valence-electron chi connectivity index (χ1n) is 17.0. The van der Waals surface area contributed by atoms with Gasteiger partial charge in [-0.05, 0) is 61.4 Å². The molecule has 0 saturated carbocycles. The van der Waals surface area contributed by atoms with Gasteiger partial charge in [0.05, 0.1) is 49.9 Å². The number of hydrogen-bond donors (Lipinski definition) is 4. The number of hydrogen-bond acceptors (Lipinski definition) is 11. The molecule has 51 heavy (non-hydrogen) atoms. The Bertz CT molecular complexity index is 1540. The minimum absolute atomic E-state index is 0.00989. The predicted molar refractivity (Wildman–Crippen MR) is 185 cm³/mol. The number of alkyl carbamates (subject to hydrolysis) is 1. The molecule has 282 valence electrons. The van der Waals surface area contributed by atoms with Gasteiger partial charge >= 0.3 is 18.1 Å². The van der Waals surface area contributed by atoms with E-state index in [9.17, 15) is 27.9 Å². The summed E-state index contributed by atoms with van der Waals surface area (Å²) >= 11 is 0. The lowest BCUT2D eigenvalue weighted by molar-refractivity contribution is -0.141. The topological polar surface area (TPSA) is 191 Å². The Hall–Kier alpha value is -3.96. The molecule has 2 fully saturated rings. The zero-order valence-corrected chi connectivity index (χ0v) is 30.4. The number of sulfonamides is 1. The Morgan fingerprint density at radius 1 is 1.06 bits per heavy atom. The molecule has 0 aromatic heterocycles. The SMILES string of the molecule is CCOC(=O)CNC(=O)NCCC(C)(C)CN(C[C@@H](O)[C@H](Cc1ccccc1)NC(=O)O[C@@H]1CO[C@@H]2OCC[C@@H]21)S(=O)(=O)c1ccc(OC)cc1. The maximum Gasteiger partial charge on any atom is 0.407 e. The predicted octanol–water partition coefficient (Wildman–Crippen LogP) is 2.42. The molecule has 2 aromatic carbocycles. The summed E-state index contributed by atoms with van der Waals surface area (Å²) in [6, 6.07) is 13.6. The minimum Gasteiger partial charge on any atom is -0.497 e. The molecule has 2 aliphatic heterocycles. The van der Waals surface area contributed by atoms with Crippen molar-refractivity contribution in [2.75, 3.05) is 53.1 Å². The zero-order valence-electron chi connectivity index (χ0n) is 29.5.